The van der Waals surface area contributed by atoms with E-state index in [1.165, 1.54) is 51.4 Å². The van der Waals surface area contributed by atoms with E-state index in [0.29, 0.717) is 5.41 Å². The lowest BCUT2D eigenvalue weighted by atomic mass is 9.69. The molecular weight excluding hydrogens is 316 g/mol. The van der Waals surface area contributed by atoms with E-state index >= 15 is 0 Å². The Balaban J connectivity index is 1.46. The van der Waals surface area contributed by atoms with Gasteiger partial charge in [-0.3, -0.25) is 4.79 Å². The van der Waals surface area contributed by atoms with E-state index in [2.05, 4.69) is 20.4 Å². The quantitative estimate of drug-likeness (QED) is 0.823. The maximum Gasteiger partial charge on any atom is 0.245 e. The van der Waals surface area contributed by atoms with Crippen LogP contribution in [0.15, 0.2) is 0 Å². The van der Waals surface area contributed by atoms with E-state index in [0.717, 1.165) is 38.5 Å². The fourth-order valence-electron chi connectivity index (χ4n) is 5.12. The molecule has 1 aromatic rings. The van der Waals surface area contributed by atoms with Gasteiger partial charge in [0.15, 0.2) is 0 Å². The molecule has 0 unspecified atom stereocenters. The molecule has 0 radical (unpaired) electrons. The SMILES string of the molecule is CC(=O)N1CC[C@@H](n2nnnc2N2CCCC3(CCCCC3)CC2)C1. The van der Waals surface area contributed by atoms with Crippen molar-refractivity contribution in [1.82, 2.24) is 25.1 Å². The number of carbonyl (C=O) groups is 1. The second-order valence-electron chi connectivity index (χ2n) is 8.23. The first-order valence-corrected chi connectivity index (χ1v) is 9.95. The van der Waals surface area contributed by atoms with Gasteiger partial charge in [-0.25, -0.2) is 4.68 Å². The molecule has 1 aromatic heterocycles. The first kappa shape index (κ1) is 16.8. The van der Waals surface area contributed by atoms with Crippen LogP contribution in [0.4, 0.5) is 5.95 Å². The van der Waals surface area contributed by atoms with Gasteiger partial charge in [0.1, 0.15) is 0 Å². The number of carbonyl (C=O) groups excluding carboxylic acids is 1. The largest absolute Gasteiger partial charge is 0.341 e. The summed E-state index contributed by atoms with van der Waals surface area (Å²) in [5.41, 5.74) is 0.573. The molecule has 1 atom stereocenters. The smallest absolute Gasteiger partial charge is 0.245 e. The molecule has 7 heteroatoms. The van der Waals surface area contributed by atoms with E-state index in [1.807, 2.05) is 9.58 Å². The maximum atomic E-state index is 11.6. The molecule has 3 aliphatic rings. The molecule has 0 bridgehead atoms. The van der Waals surface area contributed by atoms with Gasteiger partial charge >= 0.3 is 0 Å². The van der Waals surface area contributed by atoms with Gasteiger partial charge in [-0.15, -0.1) is 0 Å². The van der Waals surface area contributed by atoms with Gasteiger partial charge in [0, 0.05) is 33.1 Å². The lowest BCUT2D eigenvalue weighted by Gasteiger charge is -2.36. The zero-order chi connectivity index (χ0) is 17.3. The number of aromatic nitrogens is 4. The fourth-order valence-corrected chi connectivity index (χ4v) is 5.12. The molecule has 0 N–H and O–H groups in total. The highest BCUT2D eigenvalue weighted by Crippen LogP contribution is 2.44. The van der Waals surface area contributed by atoms with Crippen LogP contribution >= 0.6 is 0 Å². The number of likely N-dealkylation sites (tertiary alicyclic amines) is 1. The highest BCUT2D eigenvalue weighted by Gasteiger charge is 2.35. The van der Waals surface area contributed by atoms with Crippen LogP contribution in [0.25, 0.3) is 0 Å². The van der Waals surface area contributed by atoms with E-state index in [-0.39, 0.29) is 11.9 Å². The molecule has 2 aliphatic heterocycles. The molecule has 1 amide bonds. The number of amides is 1. The van der Waals surface area contributed by atoms with Crippen molar-refractivity contribution in [1.29, 1.82) is 0 Å². The van der Waals surface area contributed by atoms with Crippen LogP contribution in [-0.4, -0.2) is 57.2 Å². The first-order valence-electron chi connectivity index (χ1n) is 9.95. The van der Waals surface area contributed by atoms with Crippen LogP contribution < -0.4 is 4.90 Å². The van der Waals surface area contributed by atoms with Crippen LogP contribution in [0.1, 0.15) is 70.8 Å². The van der Waals surface area contributed by atoms with E-state index in [4.69, 9.17) is 0 Å². The molecule has 0 aromatic carbocycles. The van der Waals surface area contributed by atoms with Gasteiger partial charge in [-0.2, -0.15) is 0 Å². The minimum Gasteiger partial charge on any atom is -0.341 e. The Morgan fingerprint density at radius 2 is 1.84 bits per heavy atom. The van der Waals surface area contributed by atoms with Gasteiger partial charge in [-0.05, 0) is 54.4 Å². The van der Waals surface area contributed by atoms with Crippen molar-refractivity contribution < 1.29 is 4.79 Å². The Labute approximate surface area is 149 Å². The minimum atomic E-state index is 0.145. The lowest BCUT2D eigenvalue weighted by Crippen LogP contribution is -2.32. The number of nitrogens with zero attached hydrogens (tertiary/aromatic N) is 6. The second-order valence-corrected chi connectivity index (χ2v) is 8.23. The van der Waals surface area contributed by atoms with E-state index in [9.17, 15) is 4.79 Å². The lowest BCUT2D eigenvalue weighted by molar-refractivity contribution is -0.127. The number of tetrazole rings is 1. The molecule has 2 saturated heterocycles. The van der Waals surface area contributed by atoms with Crippen LogP contribution in [0.3, 0.4) is 0 Å². The predicted molar refractivity (Wildman–Crippen MR) is 95.3 cm³/mol. The van der Waals surface area contributed by atoms with Gasteiger partial charge in [0.05, 0.1) is 6.04 Å². The third kappa shape index (κ3) is 3.37. The number of rotatable bonds is 2. The standard InChI is InChI=1S/C18H30N6O/c1-15(25)23-12-6-16(14-23)24-17(19-20-21-24)22-11-5-9-18(10-13-22)7-3-2-4-8-18/h16H,2-14H2,1H3/t16-/m1/s1. The molecule has 3 fully saturated rings. The summed E-state index contributed by atoms with van der Waals surface area (Å²) in [5.74, 6) is 1.05. The molecule has 138 valence electrons. The van der Waals surface area contributed by atoms with Crippen LogP contribution in [-0.2, 0) is 4.79 Å². The summed E-state index contributed by atoms with van der Waals surface area (Å²) in [7, 11) is 0. The van der Waals surface area contributed by atoms with E-state index in [1.54, 1.807) is 6.92 Å². The molecule has 1 saturated carbocycles. The average molecular weight is 346 g/mol. The van der Waals surface area contributed by atoms with E-state index < -0.39 is 0 Å². The number of hydrogen-bond acceptors (Lipinski definition) is 5. The Hall–Kier alpha value is -1.66. The maximum absolute atomic E-state index is 11.6. The highest BCUT2D eigenvalue weighted by molar-refractivity contribution is 5.73. The van der Waals surface area contributed by atoms with Crippen LogP contribution in [0.5, 0.6) is 0 Å². The summed E-state index contributed by atoms with van der Waals surface area (Å²) in [6.45, 7) is 5.28. The van der Waals surface area contributed by atoms with Crippen molar-refractivity contribution in [3.05, 3.63) is 0 Å². The number of anilines is 1. The minimum absolute atomic E-state index is 0.145. The Kier molecular flexibility index (Phi) is 4.65. The average Bonchev–Trinajstić information content (AvgIpc) is 3.24. The molecule has 3 heterocycles. The Bertz CT molecular complexity index is 608. The first-order chi connectivity index (χ1) is 12.2. The zero-order valence-corrected chi connectivity index (χ0v) is 15.4. The monoisotopic (exact) mass is 346 g/mol. The summed E-state index contributed by atoms with van der Waals surface area (Å²) in [4.78, 5) is 15.9. The normalized spacial score (nSPS) is 26.8. The summed E-state index contributed by atoms with van der Waals surface area (Å²) in [5, 5.41) is 12.6. The van der Waals surface area contributed by atoms with Gasteiger partial charge in [0.2, 0.25) is 11.9 Å². The fraction of sp³-hybridized carbons (Fsp3) is 0.889. The van der Waals surface area contributed by atoms with Gasteiger partial charge in [-0.1, -0.05) is 24.4 Å². The Morgan fingerprint density at radius 3 is 2.60 bits per heavy atom. The third-order valence-corrected chi connectivity index (χ3v) is 6.67. The van der Waals surface area contributed by atoms with Crippen molar-refractivity contribution in [3.8, 4) is 0 Å². The molecule has 1 spiro atoms. The van der Waals surface area contributed by atoms with Crippen LogP contribution in [0, 0.1) is 5.41 Å². The van der Waals surface area contributed by atoms with Crippen LogP contribution in [0.2, 0.25) is 0 Å². The molecule has 25 heavy (non-hydrogen) atoms. The van der Waals surface area contributed by atoms with Gasteiger partial charge < -0.3 is 9.80 Å². The van der Waals surface area contributed by atoms with Gasteiger partial charge in [0.25, 0.3) is 0 Å². The summed E-state index contributed by atoms with van der Waals surface area (Å²) < 4.78 is 1.97. The van der Waals surface area contributed by atoms with Crippen molar-refractivity contribution in [2.24, 2.45) is 5.41 Å². The molecular formula is C18H30N6O. The number of hydrogen-bond donors (Lipinski definition) is 0. The molecule has 1 aliphatic carbocycles. The Morgan fingerprint density at radius 1 is 1.04 bits per heavy atom. The zero-order valence-electron chi connectivity index (χ0n) is 15.4. The summed E-state index contributed by atoms with van der Waals surface area (Å²) >= 11 is 0. The predicted octanol–water partition coefficient (Wildman–Crippen LogP) is 2.41. The summed E-state index contributed by atoms with van der Waals surface area (Å²) in [6.07, 6.45) is 11.8. The van der Waals surface area contributed by atoms with Crippen molar-refractivity contribution in [3.63, 3.8) is 0 Å². The third-order valence-electron chi connectivity index (χ3n) is 6.67. The van der Waals surface area contributed by atoms with Crippen molar-refractivity contribution in [2.75, 3.05) is 31.1 Å². The summed E-state index contributed by atoms with van der Waals surface area (Å²) in [6, 6.07) is 0.209. The topological polar surface area (TPSA) is 67.2 Å². The van der Waals surface area contributed by atoms with Crippen molar-refractivity contribution >= 4 is 11.9 Å². The highest BCUT2D eigenvalue weighted by atomic mass is 16.2. The molecule has 4 rings (SSSR count). The second kappa shape index (κ2) is 6.92. The molecule has 7 nitrogen and oxygen atoms in total. The van der Waals surface area contributed by atoms with Crippen molar-refractivity contribution in [2.45, 2.75) is 70.8 Å².